The molecule has 2 aliphatic rings. The van der Waals surface area contributed by atoms with E-state index in [0.717, 1.165) is 26.3 Å². The maximum absolute atomic E-state index is 12.2. The van der Waals surface area contributed by atoms with Gasteiger partial charge in [0.25, 0.3) is 5.91 Å². The van der Waals surface area contributed by atoms with Crippen LogP contribution in [-0.4, -0.2) is 57.9 Å². The predicted molar refractivity (Wildman–Crippen MR) is 97.1 cm³/mol. The van der Waals surface area contributed by atoms with E-state index in [-0.39, 0.29) is 5.91 Å². The van der Waals surface area contributed by atoms with Crippen LogP contribution in [0.3, 0.4) is 0 Å². The second kappa shape index (κ2) is 9.17. The van der Waals surface area contributed by atoms with Gasteiger partial charge in [-0.3, -0.25) is 4.79 Å². The lowest BCUT2D eigenvalue weighted by Crippen LogP contribution is -2.51. The summed E-state index contributed by atoms with van der Waals surface area (Å²) in [4.78, 5) is 12.2. The molecular weight excluding hydrogens is 318 g/mol. The molecule has 0 bridgehead atoms. The Balaban J connectivity index is 1.40. The fourth-order valence-corrected chi connectivity index (χ4v) is 3.88. The Bertz CT molecular complexity index is 561. The van der Waals surface area contributed by atoms with Crippen LogP contribution in [0.2, 0.25) is 0 Å². The number of carbonyl (C=O) groups is 1. The number of methoxy groups -OCH3 is 1. The predicted octanol–water partition coefficient (Wildman–Crippen LogP) is 1.17. The van der Waals surface area contributed by atoms with E-state index in [1.807, 2.05) is 12.1 Å². The molecular formula is C19H29N3O3. The summed E-state index contributed by atoms with van der Waals surface area (Å²) in [6.07, 6.45) is 3.71. The summed E-state index contributed by atoms with van der Waals surface area (Å²) in [5.74, 6) is 1.25. The van der Waals surface area contributed by atoms with Crippen molar-refractivity contribution >= 4 is 5.91 Å². The molecule has 138 valence electrons. The maximum Gasteiger partial charge on any atom is 0.251 e. The number of hydrogen-bond donors (Lipinski definition) is 3. The molecule has 1 aliphatic heterocycles. The van der Waals surface area contributed by atoms with Gasteiger partial charge in [0.2, 0.25) is 0 Å². The Morgan fingerprint density at radius 1 is 1.36 bits per heavy atom. The average Bonchev–Trinajstić information content (AvgIpc) is 3.14. The first kappa shape index (κ1) is 18.2. The molecule has 1 amide bonds. The van der Waals surface area contributed by atoms with Crippen LogP contribution in [0.1, 0.15) is 29.6 Å². The van der Waals surface area contributed by atoms with E-state index < -0.39 is 0 Å². The Kier molecular flexibility index (Phi) is 6.67. The van der Waals surface area contributed by atoms with Gasteiger partial charge in [-0.2, -0.15) is 0 Å². The molecule has 3 rings (SSSR count). The van der Waals surface area contributed by atoms with Crippen molar-refractivity contribution in [3.05, 3.63) is 29.8 Å². The minimum absolute atomic E-state index is 0.0639. The highest BCUT2D eigenvalue weighted by Crippen LogP contribution is 2.29. The van der Waals surface area contributed by atoms with Crippen LogP contribution in [0.5, 0.6) is 5.75 Å². The van der Waals surface area contributed by atoms with Crippen molar-refractivity contribution in [1.82, 2.24) is 16.0 Å². The monoisotopic (exact) mass is 347 g/mol. The van der Waals surface area contributed by atoms with Gasteiger partial charge in [-0.05, 0) is 37.0 Å². The van der Waals surface area contributed by atoms with Crippen molar-refractivity contribution in [3.8, 4) is 5.75 Å². The number of benzene rings is 1. The van der Waals surface area contributed by atoms with Crippen molar-refractivity contribution in [3.63, 3.8) is 0 Å². The number of amides is 1. The molecule has 1 saturated heterocycles. The molecule has 1 heterocycles. The first-order valence-electron chi connectivity index (χ1n) is 9.24. The number of morpholine rings is 1. The Morgan fingerprint density at radius 3 is 3.08 bits per heavy atom. The fourth-order valence-electron chi connectivity index (χ4n) is 3.88. The van der Waals surface area contributed by atoms with Gasteiger partial charge in [0.05, 0.1) is 20.3 Å². The summed E-state index contributed by atoms with van der Waals surface area (Å²) >= 11 is 0. The number of nitrogens with one attached hydrogen (secondary N) is 3. The quantitative estimate of drug-likeness (QED) is 0.646. The normalized spacial score (nSPS) is 26.4. The lowest BCUT2D eigenvalue weighted by Gasteiger charge is -2.33. The molecule has 1 saturated carbocycles. The van der Waals surface area contributed by atoms with E-state index in [2.05, 4.69) is 16.0 Å². The van der Waals surface area contributed by atoms with Crippen LogP contribution in [-0.2, 0) is 4.74 Å². The first-order chi connectivity index (χ1) is 12.3. The maximum atomic E-state index is 12.2. The second-order valence-electron chi connectivity index (χ2n) is 6.78. The third-order valence-electron chi connectivity index (χ3n) is 5.19. The van der Waals surface area contributed by atoms with Gasteiger partial charge in [0, 0.05) is 37.3 Å². The molecule has 0 aromatic heterocycles. The molecule has 1 aromatic carbocycles. The van der Waals surface area contributed by atoms with Gasteiger partial charge in [-0.1, -0.05) is 12.5 Å². The second-order valence-corrected chi connectivity index (χ2v) is 6.78. The van der Waals surface area contributed by atoms with E-state index in [1.165, 1.54) is 19.3 Å². The fraction of sp³-hybridized carbons (Fsp3) is 0.632. The molecule has 2 fully saturated rings. The molecule has 3 atom stereocenters. The summed E-state index contributed by atoms with van der Waals surface area (Å²) in [6.45, 7) is 3.98. The van der Waals surface area contributed by atoms with Crippen LogP contribution in [0.4, 0.5) is 0 Å². The zero-order valence-electron chi connectivity index (χ0n) is 14.9. The molecule has 3 N–H and O–H groups in total. The van der Waals surface area contributed by atoms with Crippen LogP contribution >= 0.6 is 0 Å². The molecule has 25 heavy (non-hydrogen) atoms. The molecule has 1 aliphatic carbocycles. The van der Waals surface area contributed by atoms with Crippen molar-refractivity contribution in [1.29, 1.82) is 0 Å². The highest BCUT2D eigenvalue weighted by molar-refractivity contribution is 5.94. The number of carbonyl (C=O) groups excluding carboxylic acids is 1. The lowest BCUT2D eigenvalue weighted by molar-refractivity contribution is 0.0526. The third-order valence-corrected chi connectivity index (χ3v) is 5.19. The van der Waals surface area contributed by atoms with Crippen molar-refractivity contribution < 1.29 is 14.3 Å². The van der Waals surface area contributed by atoms with E-state index in [1.54, 1.807) is 19.2 Å². The highest BCUT2D eigenvalue weighted by atomic mass is 16.5. The largest absolute Gasteiger partial charge is 0.497 e. The third kappa shape index (κ3) is 4.93. The lowest BCUT2D eigenvalue weighted by atomic mass is 9.94. The summed E-state index contributed by atoms with van der Waals surface area (Å²) in [5.41, 5.74) is 0.627. The van der Waals surface area contributed by atoms with E-state index in [9.17, 15) is 4.79 Å². The molecule has 6 nitrogen and oxygen atoms in total. The van der Waals surface area contributed by atoms with Gasteiger partial charge >= 0.3 is 0 Å². The summed E-state index contributed by atoms with van der Waals surface area (Å²) in [5, 5.41) is 10.2. The van der Waals surface area contributed by atoms with Gasteiger partial charge in [0.15, 0.2) is 0 Å². The Morgan fingerprint density at radius 2 is 2.28 bits per heavy atom. The summed E-state index contributed by atoms with van der Waals surface area (Å²) in [7, 11) is 1.60. The van der Waals surface area contributed by atoms with Gasteiger partial charge < -0.3 is 25.4 Å². The molecule has 1 aromatic rings. The van der Waals surface area contributed by atoms with Crippen molar-refractivity contribution in [2.45, 2.75) is 31.3 Å². The Labute approximate surface area is 149 Å². The zero-order valence-corrected chi connectivity index (χ0v) is 14.9. The van der Waals surface area contributed by atoms with Gasteiger partial charge in [-0.25, -0.2) is 0 Å². The standard InChI is InChI=1S/C19H29N3O3/c1-24-15-5-2-4-14(12-15)19(23)22-9-8-20-17-7-3-6-16(17)18-13-25-11-10-21-18/h2,4-5,12,16-18,20-21H,3,6-11,13H2,1H3,(H,22,23). The minimum Gasteiger partial charge on any atom is -0.497 e. The number of rotatable bonds is 7. The van der Waals surface area contributed by atoms with Crippen LogP contribution in [0.15, 0.2) is 24.3 Å². The summed E-state index contributed by atoms with van der Waals surface area (Å²) < 4.78 is 10.8. The smallest absolute Gasteiger partial charge is 0.251 e. The molecule has 0 spiro atoms. The van der Waals surface area contributed by atoms with Crippen molar-refractivity contribution in [2.75, 3.05) is 40.0 Å². The minimum atomic E-state index is -0.0639. The highest BCUT2D eigenvalue weighted by Gasteiger charge is 2.34. The first-order valence-corrected chi connectivity index (χ1v) is 9.24. The van der Waals surface area contributed by atoms with Crippen LogP contribution < -0.4 is 20.7 Å². The van der Waals surface area contributed by atoms with E-state index in [4.69, 9.17) is 9.47 Å². The molecule has 6 heteroatoms. The van der Waals surface area contributed by atoms with E-state index in [0.29, 0.717) is 35.9 Å². The van der Waals surface area contributed by atoms with Crippen molar-refractivity contribution in [2.24, 2.45) is 5.92 Å². The van der Waals surface area contributed by atoms with E-state index >= 15 is 0 Å². The average molecular weight is 347 g/mol. The molecule has 3 unspecified atom stereocenters. The topological polar surface area (TPSA) is 71.6 Å². The zero-order chi connectivity index (χ0) is 17.5. The SMILES string of the molecule is COc1cccc(C(=O)NCCNC2CCCC2C2COCCN2)c1. The van der Waals surface area contributed by atoms with Crippen LogP contribution in [0.25, 0.3) is 0 Å². The Hall–Kier alpha value is -1.63. The van der Waals surface area contributed by atoms with Gasteiger partial charge in [0.1, 0.15) is 5.75 Å². The molecule has 0 radical (unpaired) electrons. The number of ether oxygens (including phenoxy) is 2. The van der Waals surface area contributed by atoms with Gasteiger partial charge in [-0.15, -0.1) is 0 Å². The summed E-state index contributed by atoms with van der Waals surface area (Å²) in [6, 6.07) is 8.18. The van der Waals surface area contributed by atoms with Crippen LogP contribution in [0, 0.1) is 5.92 Å². The number of hydrogen-bond acceptors (Lipinski definition) is 5.